The zero-order chi connectivity index (χ0) is 19.9. The fourth-order valence-electron chi connectivity index (χ4n) is 3.19. The first-order valence-electron chi connectivity index (χ1n) is 9.26. The van der Waals surface area contributed by atoms with Crippen molar-refractivity contribution in [1.29, 1.82) is 0 Å². The van der Waals surface area contributed by atoms with Crippen LogP contribution >= 0.6 is 24.0 Å². The summed E-state index contributed by atoms with van der Waals surface area (Å²) in [5.74, 6) is 0.684. The maximum absolute atomic E-state index is 10.6. The number of non-ortho nitro benzene ring substituents is 1. The van der Waals surface area contributed by atoms with E-state index in [0.29, 0.717) is 5.75 Å². The molecule has 2 aromatic rings. The lowest BCUT2D eigenvalue weighted by molar-refractivity contribution is -0.384. The van der Waals surface area contributed by atoms with Crippen molar-refractivity contribution >= 4 is 41.3 Å². The molecule has 0 saturated carbocycles. The number of nitrogens with two attached hydrogens (primary N) is 1. The normalized spacial score (nSPS) is 14.3. The van der Waals surface area contributed by atoms with Crippen molar-refractivity contribution in [3.8, 4) is 5.75 Å². The summed E-state index contributed by atoms with van der Waals surface area (Å²) in [6.45, 7) is 0.0934. The Morgan fingerprint density at radius 2 is 1.97 bits per heavy atom. The van der Waals surface area contributed by atoms with Gasteiger partial charge in [0.15, 0.2) is 5.96 Å². The molecule has 0 aliphatic heterocycles. The van der Waals surface area contributed by atoms with Gasteiger partial charge in [-0.25, -0.2) is 0 Å². The number of rotatable bonds is 7. The summed E-state index contributed by atoms with van der Waals surface area (Å²) in [5.41, 5.74) is 9.55. The fraction of sp³-hybridized carbons (Fsp3) is 0.350. The Balaban J connectivity index is 0.00000300. The molecule has 0 bridgehead atoms. The Hall–Kier alpha value is -2.40. The number of aliphatic hydroxyl groups excluding tert-OH is 1. The third kappa shape index (κ3) is 6.57. The molecule has 1 unspecified atom stereocenters. The number of fused-ring (bicyclic) bond motifs is 1. The number of hydrogen-bond donors (Lipinski definition) is 3. The molecule has 1 atom stereocenters. The lowest BCUT2D eigenvalue weighted by Gasteiger charge is -2.20. The van der Waals surface area contributed by atoms with Crippen molar-refractivity contribution in [1.82, 2.24) is 0 Å². The van der Waals surface area contributed by atoms with Gasteiger partial charge in [0, 0.05) is 17.8 Å². The van der Waals surface area contributed by atoms with Gasteiger partial charge in [-0.15, -0.1) is 24.0 Å². The molecule has 0 radical (unpaired) electrons. The molecule has 9 heteroatoms. The molecule has 0 saturated heterocycles. The van der Waals surface area contributed by atoms with E-state index in [2.05, 4.69) is 16.4 Å². The number of halogens is 1. The SMILES string of the molecule is I.NC(=NCC(O)COc1ccc([N+](=O)[O-])cc1)Nc1cccc2c1CCCC2. The molecule has 2 aromatic carbocycles. The van der Waals surface area contributed by atoms with Gasteiger partial charge >= 0.3 is 0 Å². The smallest absolute Gasteiger partial charge is 0.269 e. The fourth-order valence-corrected chi connectivity index (χ4v) is 3.19. The topological polar surface area (TPSA) is 123 Å². The molecule has 0 aromatic heterocycles. The number of guanidine groups is 1. The molecule has 3 rings (SSSR count). The van der Waals surface area contributed by atoms with Crippen LogP contribution in [0.15, 0.2) is 47.5 Å². The van der Waals surface area contributed by atoms with Gasteiger partial charge in [0.2, 0.25) is 0 Å². The minimum absolute atomic E-state index is 0. The second kappa shape index (κ2) is 11.0. The second-order valence-electron chi connectivity index (χ2n) is 6.72. The van der Waals surface area contributed by atoms with E-state index in [1.807, 2.05) is 12.1 Å². The highest BCUT2D eigenvalue weighted by Crippen LogP contribution is 2.27. The highest BCUT2D eigenvalue weighted by atomic mass is 127. The van der Waals surface area contributed by atoms with Crippen molar-refractivity contribution in [2.24, 2.45) is 10.7 Å². The van der Waals surface area contributed by atoms with Gasteiger partial charge in [0.25, 0.3) is 5.69 Å². The van der Waals surface area contributed by atoms with Crippen molar-refractivity contribution in [3.05, 3.63) is 63.7 Å². The van der Waals surface area contributed by atoms with Crippen LogP contribution in [0.5, 0.6) is 5.75 Å². The van der Waals surface area contributed by atoms with Gasteiger partial charge in [0.05, 0.1) is 11.5 Å². The van der Waals surface area contributed by atoms with Crippen LogP contribution in [-0.4, -0.2) is 35.2 Å². The number of aliphatic imine (C=N–C) groups is 1. The van der Waals surface area contributed by atoms with E-state index < -0.39 is 11.0 Å². The molecule has 8 nitrogen and oxygen atoms in total. The number of aliphatic hydroxyl groups is 1. The molecule has 0 amide bonds. The third-order valence-electron chi connectivity index (χ3n) is 4.62. The summed E-state index contributed by atoms with van der Waals surface area (Å²) in [4.78, 5) is 14.3. The number of anilines is 1. The highest BCUT2D eigenvalue weighted by molar-refractivity contribution is 14.0. The Morgan fingerprint density at radius 3 is 2.69 bits per heavy atom. The number of hydrogen-bond acceptors (Lipinski definition) is 5. The molecule has 4 N–H and O–H groups in total. The lowest BCUT2D eigenvalue weighted by Crippen LogP contribution is -2.27. The first kappa shape index (κ1) is 22.9. The average Bonchev–Trinajstić information content (AvgIpc) is 2.71. The van der Waals surface area contributed by atoms with Crippen LogP contribution in [0.1, 0.15) is 24.0 Å². The van der Waals surface area contributed by atoms with Gasteiger partial charge in [-0.1, -0.05) is 12.1 Å². The van der Waals surface area contributed by atoms with Gasteiger partial charge in [-0.2, -0.15) is 0 Å². The van der Waals surface area contributed by atoms with Gasteiger partial charge in [-0.05, 0) is 55.0 Å². The molecule has 0 fully saturated rings. The highest BCUT2D eigenvalue weighted by Gasteiger charge is 2.13. The van der Waals surface area contributed by atoms with E-state index in [-0.39, 0.29) is 48.8 Å². The summed E-state index contributed by atoms with van der Waals surface area (Å²) in [6, 6.07) is 11.8. The average molecular weight is 512 g/mol. The number of nitro groups is 1. The number of benzene rings is 2. The van der Waals surface area contributed by atoms with E-state index in [1.165, 1.54) is 48.2 Å². The van der Waals surface area contributed by atoms with Gasteiger partial charge < -0.3 is 20.9 Å². The van der Waals surface area contributed by atoms with E-state index in [0.717, 1.165) is 18.5 Å². The quantitative estimate of drug-likeness (QED) is 0.172. The van der Waals surface area contributed by atoms with Crippen LogP contribution in [0.25, 0.3) is 0 Å². The van der Waals surface area contributed by atoms with Crippen LogP contribution < -0.4 is 15.8 Å². The molecule has 156 valence electrons. The maximum Gasteiger partial charge on any atom is 0.269 e. The van der Waals surface area contributed by atoms with E-state index in [1.54, 1.807) is 0 Å². The Bertz CT molecular complexity index is 858. The number of nitrogens with zero attached hydrogens (tertiary/aromatic N) is 2. The Morgan fingerprint density at radius 1 is 1.24 bits per heavy atom. The summed E-state index contributed by atoms with van der Waals surface area (Å²) < 4.78 is 5.42. The monoisotopic (exact) mass is 512 g/mol. The minimum atomic E-state index is -0.847. The molecule has 0 spiro atoms. The largest absolute Gasteiger partial charge is 0.491 e. The van der Waals surface area contributed by atoms with Gasteiger partial charge in [0.1, 0.15) is 18.5 Å². The minimum Gasteiger partial charge on any atom is -0.491 e. The standard InChI is InChI=1S/C20H24N4O4.HI/c21-20(23-19-7-3-5-14-4-1-2-6-18(14)19)22-12-16(25)13-28-17-10-8-15(9-11-17)24(26)27;/h3,5,7-11,16,25H,1-2,4,6,12-13H2,(H3,21,22,23);1H. The van der Waals surface area contributed by atoms with Crippen molar-refractivity contribution in [2.45, 2.75) is 31.8 Å². The Kier molecular flexibility index (Phi) is 8.65. The summed E-state index contributed by atoms with van der Waals surface area (Å²) in [7, 11) is 0. The second-order valence-corrected chi connectivity index (χ2v) is 6.72. The van der Waals surface area contributed by atoms with Crippen LogP contribution in [0.4, 0.5) is 11.4 Å². The van der Waals surface area contributed by atoms with E-state index in [9.17, 15) is 15.2 Å². The number of aryl methyl sites for hydroxylation is 1. The molecule has 1 aliphatic rings. The van der Waals surface area contributed by atoms with Crippen LogP contribution in [-0.2, 0) is 12.8 Å². The van der Waals surface area contributed by atoms with Crippen molar-refractivity contribution in [2.75, 3.05) is 18.5 Å². The van der Waals surface area contributed by atoms with Crippen LogP contribution in [0, 0.1) is 10.1 Å². The number of ether oxygens (including phenoxy) is 1. The third-order valence-corrected chi connectivity index (χ3v) is 4.62. The first-order valence-corrected chi connectivity index (χ1v) is 9.26. The number of nitro benzene ring substituents is 1. The molecule has 1 aliphatic carbocycles. The number of nitrogens with one attached hydrogen (secondary N) is 1. The van der Waals surface area contributed by atoms with Crippen LogP contribution in [0.2, 0.25) is 0 Å². The van der Waals surface area contributed by atoms with E-state index >= 15 is 0 Å². The zero-order valence-electron chi connectivity index (χ0n) is 15.9. The predicted octanol–water partition coefficient (Wildman–Crippen LogP) is 3.26. The first-order chi connectivity index (χ1) is 13.5. The van der Waals surface area contributed by atoms with Gasteiger partial charge in [-0.3, -0.25) is 15.1 Å². The molecular formula is C20H25IN4O4. The van der Waals surface area contributed by atoms with Crippen molar-refractivity contribution in [3.63, 3.8) is 0 Å². The summed E-state index contributed by atoms with van der Waals surface area (Å²) in [5, 5.41) is 23.8. The lowest BCUT2D eigenvalue weighted by atomic mass is 9.90. The molecule has 29 heavy (non-hydrogen) atoms. The predicted molar refractivity (Wildman–Crippen MR) is 123 cm³/mol. The molecular weight excluding hydrogens is 487 g/mol. The maximum atomic E-state index is 10.6. The van der Waals surface area contributed by atoms with E-state index in [4.69, 9.17) is 10.5 Å². The zero-order valence-corrected chi connectivity index (χ0v) is 18.2. The summed E-state index contributed by atoms with van der Waals surface area (Å²) in [6.07, 6.45) is 3.64. The summed E-state index contributed by atoms with van der Waals surface area (Å²) >= 11 is 0. The Labute approximate surface area is 186 Å². The van der Waals surface area contributed by atoms with Crippen molar-refractivity contribution < 1.29 is 14.8 Å². The molecule has 0 heterocycles. The van der Waals surface area contributed by atoms with Crippen LogP contribution in [0.3, 0.4) is 0 Å².